The molecule has 0 bridgehead atoms. The van der Waals surface area contributed by atoms with Gasteiger partial charge < -0.3 is 14.4 Å². The van der Waals surface area contributed by atoms with Crippen LogP contribution in [-0.4, -0.2) is 53.6 Å². The second-order valence-electron chi connectivity index (χ2n) is 8.32. The van der Waals surface area contributed by atoms with Crippen LogP contribution < -0.4 is 0 Å². The standard InChI is InChI=1S/C23H30ClN3O3/c1-29-23(28)27-13-5-8-19(22-20(24)14-25-26-22)21(27)15-30-18-11-9-17(10-12-18)16-6-3-2-4-7-16/h2-4,6-7,14,17-19,21H,5,8-13,15H2,1H3,(H,25,26)/t17-,18+,19-,21-/m0/s1. The highest BCUT2D eigenvalue weighted by molar-refractivity contribution is 6.31. The lowest BCUT2D eigenvalue weighted by Crippen LogP contribution is -2.50. The highest BCUT2D eigenvalue weighted by atomic mass is 35.5. The summed E-state index contributed by atoms with van der Waals surface area (Å²) in [6.07, 6.45) is 7.76. The molecule has 162 valence electrons. The van der Waals surface area contributed by atoms with E-state index in [0.717, 1.165) is 44.2 Å². The van der Waals surface area contributed by atoms with Crippen molar-refractivity contribution in [2.24, 2.45) is 0 Å². The van der Waals surface area contributed by atoms with E-state index in [4.69, 9.17) is 21.1 Å². The summed E-state index contributed by atoms with van der Waals surface area (Å²) in [5.41, 5.74) is 2.24. The number of piperidine rings is 1. The maximum atomic E-state index is 12.4. The average Bonchev–Trinajstić information content (AvgIpc) is 3.23. The molecule has 2 fully saturated rings. The van der Waals surface area contributed by atoms with Gasteiger partial charge in [0.2, 0.25) is 0 Å². The molecule has 2 atom stereocenters. The number of H-pyrrole nitrogens is 1. The van der Waals surface area contributed by atoms with E-state index in [2.05, 4.69) is 40.5 Å². The first-order valence-electron chi connectivity index (χ1n) is 10.9. The van der Waals surface area contributed by atoms with Gasteiger partial charge in [0.25, 0.3) is 0 Å². The van der Waals surface area contributed by atoms with Crippen molar-refractivity contribution < 1.29 is 14.3 Å². The lowest BCUT2D eigenvalue weighted by molar-refractivity contribution is -0.0242. The fourth-order valence-electron chi connectivity index (χ4n) is 4.99. The molecule has 7 heteroatoms. The van der Waals surface area contributed by atoms with Gasteiger partial charge in [0, 0.05) is 18.7 Å². The third kappa shape index (κ3) is 4.65. The van der Waals surface area contributed by atoms with E-state index in [1.165, 1.54) is 12.7 Å². The number of rotatable bonds is 5. The monoisotopic (exact) mass is 431 g/mol. The van der Waals surface area contributed by atoms with Crippen LogP contribution in [0.5, 0.6) is 0 Å². The number of nitrogens with zero attached hydrogens (tertiary/aromatic N) is 2. The number of hydrogen-bond acceptors (Lipinski definition) is 4. The maximum absolute atomic E-state index is 12.4. The summed E-state index contributed by atoms with van der Waals surface area (Å²) in [7, 11) is 1.43. The van der Waals surface area contributed by atoms with Crippen molar-refractivity contribution in [1.82, 2.24) is 15.1 Å². The largest absolute Gasteiger partial charge is 0.453 e. The Balaban J connectivity index is 1.40. The minimum atomic E-state index is -0.312. The Morgan fingerprint density at radius 3 is 2.63 bits per heavy atom. The topological polar surface area (TPSA) is 67.5 Å². The molecule has 30 heavy (non-hydrogen) atoms. The van der Waals surface area contributed by atoms with E-state index in [9.17, 15) is 4.79 Å². The summed E-state index contributed by atoms with van der Waals surface area (Å²) in [6.45, 7) is 1.14. The Hall–Kier alpha value is -2.05. The van der Waals surface area contributed by atoms with E-state index in [1.807, 2.05) is 0 Å². The molecular formula is C23H30ClN3O3. The molecule has 1 N–H and O–H groups in total. The molecule has 1 aromatic carbocycles. The number of halogens is 1. The Morgan fingerprint density at radius 2 is 1.97 bits per heavy atom. The molecule has 1 aromatic heterocycles. The summed E-state index contributed by atoms with van der Waals surface area (Å²) < 4.78 is 11.4. The molecule has 1 aliphatic heterocycles. The fraction of sp³-hybridized carbons (Fsp3) is 0.565. The summed E-state index contributed by atoms with van der Waals surface area (Å²) >= 11 is 6.35. The zero-order valence-corrected chi connectivity index (χ0v) is 18.2. The zero-order chi connectivity index (χ0) is 20.9. The molecular weight excluding hydrogens is 402 g/mol. The number of likely N-dealkylation sites (tertiary alicyclic amines) is 1. The summed E-state index contributed by atoms with van der Waals surface area (Å²) in [5, 5.41) is 7.81. The van der Waals surface area contributed by atoms with Crippen molar-refractivity contribution in [2.45, 2.75) is 62.5 Å². The van der Waals surface area contributed by atoms with Crippen molar-refractivity contribution >= 4 is 17.7 Å². The molecule has 4 rings (SSSR count). The Morgan fingerprint density at radius 1 is 1.20 bits per heavy atom. The lowest BCUT2D eigenvalue weighted by Gasteiger charge is -2.40. The third-order valence-corrected chi connectivity index (χ3v) is 6.91. The van der Waals surface area contributed by atoms with Gasteiger partial charge in [-0.05, 0) is 50.0 Å². The molecule has 1 amide bonds. The van der Waals surface area contributed by atoms with Crippen LogP contribution in [0.2, 0.25) is 5.02 Å². The lowest BCUT2D eigenvalue weighted by atomic mass is 9.82. The number of hydrogen-bond donors (Lipinski definition) is 1. The summed E-state index contributed by atoms with van der Waals surface area (Å²) in [5.74, 6) is 0.653. The highest BCUT2D eigenvalue weighted by Crippen LogP contribution is 2.37. The van der Waals surface area contributed by atoms with E-state index >= 15 is 0 Å². The van der Waals surface area contributed by atoms with Crippen molar-refractivity contribution in [2.75, 3.05) is 20.3 Å². The first-order chi connectivity index (χ1) is 14.7. The van der Waals surface area contributed by atoms with E-state index in [-0.39, 0.29) is 24.2 Å². The molecule has 2 aliphatic rings. The molecule has 1 aliphatic carbocycles. The first kappa shape index (κ1) is 21.2. The third-order valence-electron chi connectivity index (χ3n) is 6.61. The number of carbonyl (C=O) groups excluding carboxylic acids is 1. The number of aromatic amines is 1. The van der Waals surface area contributed by atoms with Gasteiger partial charge in [-0.1, -0.05) is 41.9 Å². The highest BCUT2D eigenvalue weighted by Gasteiger charge is 2.38. The number of benzene rings is 1. The van der Waals surface area contributed by atoms with Crippen LogP contribution in [0, 0.1) is 0 Å². The predicted molar refractivity (Wildman–Crippen MR) is 116 cm³/mol. The van der Waals surface area contributed by atoms with E-state index in [1.54, 1.807) is 11.1 Å². The van der Waals surface area contributed by atoms with Crippen LogP contribution >= 0.6 is 11.6 Å². The van der Waals surface area contributed by atoms with Gasteiger partial charge in [-0.2, -0.15) is 5.10 Å². The van der Waals surface area contributed by atoms with Gasteiger partial charge in [-0.3, -0.25) is 5.10 Å². The molecule has 6 nitrogen and oxygen atoms in total. The van der Waals surface area contributed by atoms with E-state index < -0.39 is 0 Å². The van der Waals surface area contributed by atoms with Crippen LogP contribution in [0.1, 0.15) is 61.6 Å². The number of ether oxygens (including phenoxy) is 2. The van der Waals surface area contributed by atoms with Gasteiger partial charge in [0.15, 0.2) is 0 Å². The number of nitrogens with one attached hydrogen (secondary N) is 1. The van der Waals surface area contributed by atoms with Gasteiger partial charge in [0.05, 0.1) is 36.6 Å². The molecule has 1 saturated heterocycles. The number of carbonyl (C=O) groups is 1. The molecule has 2 aromatic rings. The quantitative estimate of drug-likeness (QED) is 0.713. The minimum Gasteiger partial charge on any atom is -0.453 e. The van der Waals surface area contributed by atoms with Crippen LogP contribution in [0.25, 0.3) is 0 Å². The second kappa shape index (κ2) is 9.84. The minimum absolute atomic E-state index is 0.0391. The van der Waals surface area contributed by atoms with Crippen LogP contribution in [-0.2, 0) is 9.47 Å². The Bertz CT molecular complexity index is 820. The van der Waals surface area contributed by atoms with Crippen molar-refractivity contribution in [3.63, 3.8) is 0 Å². The molecule has 0 spiro atoms. The maximum Gasteiger partial charge on any atom is 0.409 e. The SMILES string of the molecule is COC(=O)N1CCC[C@H](c2n[nH]cc2Cl)[C@@H]1CO[C@H]1CC[C@@H](c2ccccc2)CC1. The number of amides is 1. The fourth-order valence-corrected chi connectivity index (χ4v) is 5.23. The van der Waals surface area contributed by atoms with Crippen molar-refractivity contribution in [3.05, 3.63) is 52.8 Å². The van der Waals surface area contributed by atoms with Crippen LogP contribution in [0.15, 0.2) is 36.5 Å². The predicted octanol–water partition coefficient (Wildman–Crippen LogP) is 5.12. The smallest absolute Gasteiger partial charge is 0.409 e. The van der Waals surface area contributed by atoms with Crippen molar-refractivity contribution in [3.8, 4) is 0 Å². The number of methoxy groups -OCH3 is 1. The van der Waals surface area contributed by atoms with Crippen molar-refractivity contribution in [1.29, 1.82) is 0 Å². The summed E-state index contributed by atoms with van der Waals surface area (Å²) in [4.78, 5) is 14.2. The zero-order valence-electron chi connectivity index (χ0n) is 17.4. The average molecular weight is 432 g/mol. The normalized spacial score (nSPS) is 27.1. The number of aromatic nitrogens is 2. The summed E-state index contributed by atoms with van der Waals surface area (Å²) in [6, 6.07) is 10.6. The van der Waals surface area contributed by atoms with Gasteiger partial charge in [0.1, 0.15) is 0 Å². The molecule has 0 radical (unpaired) electrons. The van der Waals surface area contributed by atoms with E-state index in [0.29, 0.717) is 24.1 Å². The van der Waals surface area contributed by atoms with Gasteiger partial charge in [-0.15, -0.1) is 0 Å². The van der Waals surface area contributed by atoms with Crippen LogP contribution in [0.4, 0.5) is 4.79 Å². The van der Waals surface area contributed by atoms with Gasteiger partial charge in [-0.25, -0.2) is 4.79 Å². The van der Waals surface area contributed by atoms with Gasteiger partial charge >= 0.3 is 6.09 Å². The first-order valence-corrected chi connectivity index (χ1v) is 11.3. The molecule has 0 unspecified atom stereocenters. The second-order valence-corrected chi connectivity index (χ2v) is 8.72. The molecule has 2 heterocycles. The molecule has 1 saturated carbocycles. The Kier molecular flexibility index (Phi) is 6.95. The Labute approximate surface area is 182 Å². The van der Waals surface area contributed by atoms with Crippen LogP contribution in [0.3, 0.4) is 0 Å².